The van der Waals surface area contributed by atoms with Gasteiger partial charge in [0.2, 0.25) is 14.7 Å². The van der Waals surface area contributed by atoms with Crippen molar-refractivity contribution in [3.63, 3.8) is 0 Å². The van der Waals surface area contributed by atoms with Crippen molar-refractivity contribution in [2.24, 2.45) is 0 Å². The van der Waals surface area contributed by atoms with E-state index in [4.69, 9.17) is 10.2 Å². The number of carboxylic acid groups (broad SMARTS) is 1. The lowest BCUT2D eigenvalue weighted by molar-refractivity contribution is -0.255. The summed E-state index contributed by atoms with van der Waals surface area (Å²) in [5, 5.41) is 29.2. The van der Waals surface area contributed by atoms with Crippen molar-refractivity contribution in [1.29, 1.82) is 0 Å². The van der Waals surface area contributed by atoms with Gasteiger partial charge in [-0.25, -0.2) is 0 Å². The molecule has 1 heterocycles. The minimum absolute atomic E-state index is 0.0796. The monoisotopic (exact) mass is 478 g/mol. The third-order valence-corrected chi connectivity index (χ3v) is 7.64. The second-order valence-electron chi connectivity index (χ2n) is 7.75. The molecule has 0 radical (unpaired) electrons. The number of benzene rings is 1. The van der Waals surface area contributed by atoms with Crippen LogP contribution in [0.1, 0.15) is 15.9 Å². The van der Waals surface area contributed by atoms with E-state index < -0.39 is 33.4 Å². The van der Waals surface area contributed by atoms with Crippen molar-refractivity contribution in [3.8, 4) is 0 Å². The van der Waals surface area contributed by atoms with Crippen molar-refractivity contribution in [1.82, 2.24) is 14.7 Å². The van der Waals surface area contributed by atoms with Gasteiger partial charge in [0.1, 0.15) is 12.7 Å². The van der Waals surface area contributed by atoms with E-state index >= 15 is 0 Å². The van der Waals surface area contributed by atoms with Gasteiger partial charge in [-0.1, -0.05) is 24.3 Å². The second-order valence-corrected chi connectivity index (χ2v) is 12.3. The van der Waals surface area contributed by atoms with Gasteiger partial charge in [0.25, 0.3) is 0 Å². The summed E-state index contributed by atoms with van der Waals surface area (Å²) in [6.45, 7) is 3.20. The lowest BCUT2D eigenvalue weighted by Gasteiger charge is -2.27. The van der Waals surface area contributed by atoms with Crippen LogP contribution in [0.15, 0.2) is 24.3 Å². The molecule has 0 amide bonds. The number of aromatic carboxylic acids is 1. The molecule has 0 bridgehead atoms. The smallest absolute Gasteiger partial charge is 0.238 e. The molecule has 13 heteroatoms. The summed E-state index contributed by atoms with van der Waals surface area (Å²) in [6, 6.07) is 6.31. The number of hydrogen-bond donors (Lipinski definition) is 4. The van der Waals surface area contributed by atoms with Crippen LogP contribution in [0.2, 0.25) is 0 Å². The van der Waals surface area contributed by atoms with E-state index in [-0.39, 0.29) is 18.1 Å². The number of aliphatic hydroxyl groups is 2. The molecule has 11 nitrogen and oxygen atoms in total. The van der Waals surface area contributed by atoms with Crippen LogP contribution < -0.4 is 5.11 Å². The Labute approximate surface area is 181 Å². The van der Waals surface area contributed by atoms with Crippen molar-refractivity contribution >= 4 is 20.7 Å². The zero-order valence-corrected chi connectivity index (χ0v) is 19.0. The van der Waals surface area contributed by atoms with Gasteiger partial charge in [0.15, 0.2) is 0 Å². The molecule has 1 saturated heterocycles. The zero-order chi connectivity index (χ0) is 23.1. The summed E-state index contributed by atoms with van der Waals surface area (Å²) in [7, 11) is -7.44. The fraction of sp³-hybridized carbons (Fsp3) is 0.611. The molecule has 2 rings (SSSR count). The molecule has 0 saturated carbocycles. The van der Waals surface area contributed by atoms with Crippen LogP contribution >= 0.6 is 14.7 Å². The van der Waals surface area contributed by atoms with Gasteiger partial charge in [0.05, 0.1) is 18.5 Å². The van der Waals surface area contributed by atoms with Gasteiger partial charge in [0, 0.05) is 45.8 Å². The molecular formula is C18H30N3O8P2-. The van der Waals surface area contributed by atoms with Gasteiger partial charge >= 0.3 is 0 Å². The highest BCUT2D eigenvalue weighted by Gasteiger charge is 2.26. The molecule has 4 N–H and O–H groups in total. The molecule has 2 atom stereocenters. The van der Waals surface area contributed by atoms with Gasteiger partial charge in [-0.15, -0.1) is 0 Å². The van der Waals surface area contributed by atoms with E-state index in [0.29, 0.717) is 45.8 Å². The maximum atomic E-state index is 12.0. The molecule has 0 spiro atoms. The minimum atomic E-state index is -3.72. The topological polar surface area (TPSA) is 165 Å². The van der Waals surface area contributed by atoms with Crippen LogP contribution in [0.5, 0.6) is 0 Å². The average molecular weight is 478 g/mol. The Bertz CT molecular complexity index is 785. The van der Waals surface area contributed by atoms with E-state index in [1.807, 2.05) is 0 Å². The number of carboxylic acids is 1. The predicted octanol–water partition coefficient (Wildman–Crippen LogP) is -1.17. The lowest BCUT2D eigenvalue weighted by Crippen LogP contribution is -2.37. The number of aliphatic hydroxyl groups excluding tert-OH is 2. The third-order valence-electron chi connectivity index (χ3n) is 5.08. The first-order chi connectivity index (χ1) is 14.5. The predicted molar refractivity (Wildman–Crippen MR) is 113 cm³/mol. The number of hydrogen-bond acceptors (Lipinski definition) is 9. The van der Waals surface area contributed by atoms with Crippen molar-refractivity contribution < 1.29 is 39.0 Å². The lowest BCUT2D eigenvalue weighted by atomic mass is 10.1. The van der Waals surface area contributed by atoms with Crippen molar-refractivity contribution in [2.45, 2.75) is 6.54 Å². The normalized spacial score (nSPS) is 21.4. The van der Waals surface area contributed by atoms with E-state index in [2.05, 4.69) is 4.90 Å². The summed E-state index contributed by atoms with van der Waals surface area (Å²) < 4.78 is 24.0. The van der Waals surface area contributed by atoms with Gasteiger partial charge in [-0.05, 0) is 11.1 Å². The maximum Gasteiger partial charge on any atom is 0.238 e. The van der Waals surface area contributed by atoms with E-state index in [1.54, 1.807) is 21.9 Å². The highest BCUT2D eigenvalue weighted by molar-refractivity contribution is 7.57. The molecule has 1 fully saturated rings. The largest absolute Gasteiger partial charge is 0.545 e. The summed E-state index contributed by atoms with van der Waals surface area (Å²) in [5.41, 5.74) is 0.949. The average Bonchev–Trinajstić information content (AvgIpc) is 2.80. The number of nitrogens with zero attached hydrogens (tertiary/aromatic N) is 3. The molecule has 1 aliphatic heterocycles. The summed E-state index contributed by atoms with van der Waals surface area (Å²) in [4.78, 5) is 36.1. The Morgan fingerprint density at radius 1 is 0.806 bits per heavy atom. The molecule has 2 unspecified atom stereocenters. The number of carbonyl (C=O) groups excluding carboxylic acids is 1. The van der Waals surface area contributed by atoms with Crippen LogP contribution in [0.3, 0.4) is 0 Å². The Morgan fingerprint density at radius 3 is 1.55 bits per heavy atom. The van der Waals surface area contributed by atoms with Gasteiger partial charge < -0.3 is 29.9 Å². The Morgan fingerprint density at radius 2 is 1.19 bits per heavy atom. The third kappa shape index (κ3) is 9.10. The fourth-order valence-corrected chi connectivity index (χ4v) is 5.34. The zero-order valence-electron chi connectivity index (χ0n) is 17.2. The molecular weight excluding hydrogens is 448 g/mol. The number of rotatable bonds is 9. The first-order valence-corrected chi connectivity index (χ1v) is 13.9. The van der Waals surface area contributed by atoms with E-state index in [1.165, 1.54) is 12.1 Å². The Balaban J connectivity index is 2.13. The van der Waals surface area contributed by atoms with Crippen LogP contribution in [0.4, 0.5) is 0 Å². The SMILES string of the molecule is O=C([O-])c1ccc(CN2CCN(CP(=O)(O)CO)CCN(CP(=O)(O)CO)CC2)cc1. The van der Waals surface area contributed by atoms with Gasteiger partial charge in [-0.3, -0.25) is 23.8 Å². The summed E-state index contributed by atoms with van der Waals surface area (Å²) in [6.07, 6.45) is -2.03. The minimum Gasteiger partial charge on any atom is -0.545 e. The highest BCUT2D eigenvalue weighted by atomic mass is 31.2. The molecule has 0 aromatic heterocycles. The van der Waals surface area contributed by atoms with Crippen molar-refractivity contribution in [3.05, 3.63) is 35.4 Å². The summed E-state index contributed by atoms with van der Waals surface area (Å²) >= 11 is 0. The molecule has 176 valence electrons. The molecule has 31 heavy (non-hydrogen) atoms. The van der Waals surface area contributed by atoms with E-state index in [0.717, 1.165) is 5.56 Å². The second kappa shape index (κ2) is 11.7. The van der Waals surface area contributed by atoms with Crippen LogP contribution in [0, 0.1) is 0 Å². The molecule has 1 aromatic carbocycles. The van der Waals surface area contributed by atoms with Crippen LogP contribution in [-0.2, 0) is 15.7 Å². The Hall–Kier alpha value is -1.13. The molecule has 1 aromatic rings. The first-order valence-electron chi connectivity index (χ1n) is 9.84. The van der Waals surface area contributed by atoms with E-state index in [9.17, 15) is 28.8 Å². The van der Waals surface area contributed by atoms with Crippen LogP contribution in [-0.4, -0.2) is 105 Å². The Kier molecular flexibility index (Phi) is 9.82. The fourth-order valence-electron chi connectivity index (χ4n) is 3.34. The first kappa shape index (κ1) is 26.1. The van der Waals surface area contributed by atoms with Crippen LogP contribution in [0.25, 0.3) is 0 Å². The quantitative estimate of drug-likeness (QED) is 0.316. The highest BCUT2D eigenvalue weighted by Crippen LogP contribution is 2.40. The molecule has 1 aliphatic rings. The standard InChI is InChI=1S/C18H31N3O8P2/c22-14-30(26,27)12-20-7-5-19(11-16-1-3-17(4-2-16)18(24)25)6-8-21(10-9-20)13-31(28,29)15-23/h1-4,22-23H,5-15H2,(H,24,25)(H,26,27)(H,28,29)/p-1. The van der Waals surface area contributed by atoms with Crippen molar-refractivity contribution in [2.75, 3.05) is 64.5 Å². The van der Waals surface area contributed by atoms with Gasteiger partial charge in [-0.2, -0.15) is 0 Å². The molecule has 0 aliphatic carbocycles. The number of carbonyl (C=O) groups is 1. The summed E-state index contributed by atoms with van der Waals surface area (Å²) in [5.74, 6) is -1.25. The maximum absolute atomic E-state index is 12.0.